The lowest BCUT2D eigenvalue weighted by molar-refractivity contribution is -0.385. The molecule has 1 heterocycles. The van der Waals surface area contributed by atoms with E-state index in [0.29, 0.717) is 0 Å². The third-order valence-electron chi connectivity index (χ3n) is 6.31. The van der Waals surface area contributed by atoms with Gasteiger partial charge in [-0.05, 0) is 11.1 Å². The number of para-hydroxylation sites is 1. The lowest BCUT2D eigenvalue weighted by Crippen LogP contribution is -2.62. The maximum absolute atomic E-state index is 13.1. The first-order valence-corrected chi connectivity index (χ1v) is 12.5. The molecule has 4 rings (SSSR count). The first kappa shape index (κ1) is 28.8. The van der Waals surface area contributed by atoms with Gasteiger partial charge in [0.2, 0.25) is 0 Å². The topological polar surface area (TPSA) is 144 Å². The summed E-state index contributed by atoms with van der Waals surface area (Å²) in [6.07, 6.45) is -7.38. The van der Waals surface area contributed by atoms with Crippen molar-refractivity contribution in [2.45, 2.75) is 50.3 Å². The Labute approximate surface area is 230 Å². The zero-order valence-corrected chi connectivity index (χ0v) is 21.7. The number of hydrogen-bond acceptors (Lipinski definition) is 10. The van der Waals surface area contributed by atoms with Crippen LogP contribution in [0.15, 0.2) is 84.9 Å². The minimum atomic E-state index is -1.63. The lowest BCUT2D eigenvalue weighted by Gasteiger charge is -2.42. The summed E-state index contributed by atoms with van der Waals surface area (Å²) in [5, 5.41) is 22.3. The number of nitro groups is 1. The number of esters is 2. The SMILES string of the molecule is COC(=O)[C@H]1O[C@H](O)[C@H](OCc2ccccc2)[C@@H](OCc2ccccc2)[C@@H]1OC(=O)Cc1ccccc1[N+](=O)[O-]. The lowest BCUT2D eigenvalue weighted by atomic mass is 9.97. The molecule has 11 heteroatoms. The second-order valence-corrected chi connectivity index (χ2v) is 9.01. The highest BCUT2D eigenvalue weighted by atomic mass is 16.7. The Balaban J connectivity index is 1.62. The Bertz CT molecular complexity index is 1290. The molecule has 0 aliphatic carbocycles. The molecule has 0 bridgehead atoms. The van der Waals surface area contributed by atoms with Gasteiger partial charge in [-0.3, -0.25) is 14.9 Å². The van der Waals surface area contributed by atoms with Crippen LogP contribution in [0.25, 0.3) is 0 Å². The van der Waals surface area contributed by atoms with Crippen LogP contribution >= 0.6 is 0 Å². The van der Waals surface area contributed by atoms with Crippen LogP contribution in [0, 0.1) is 10.1 Å². The number of ether oxygens (including phenoxy) is 5. The first-order chi connectivity index (χ1) is 19.4. The molecular formula is C29H29NO10. The molecule has 11 nitrogen and oxygen atoms in total. The monoisotopic (exact) mass is 551 g/mol. The molecule has 3 aromatic rings. The third-order valence-corrected chi connectivity index (χ3v) is 6.31. The van der Waals surface area contributed by atoms with E-state index < -0.39 is 54.0 Å². The molecule has 1 saturated heterocycles. The van der Waals surface area contributed by atoms with Crippen molar-refractivity contribution in [3.63, 3.8) is 0 Å². The van der Waals surface area contributed by atoms with E-state index in [-0.39, 0.29) is 24.5 Å². The van der Waals surface area contributed by atoms with Crippen molar-refractivity contribution < 1.29 is 43.3 Å². The second-order valence-electron chi connectivity index (χ2n) is 9.01. The number of rotatable bonds is 11. The minimum Gasteiger partial charge on any atom is -0.467 e. The van der Waals surface area contributed by atoms with Crippen LogP contribution in [0.4, 0.5) is 5.69 Å². The van der Waals surface area contributed by atoms with Crippen LogP contribution in [0.3, 0.4) is 0 Å². The van der Waals surface area contributed by atoms with E-state index >= 15 is 0 Å². The Morgan fingerprint density at radius 1 is 0.850 bits per heavy atom. The van der Waals surface area contributed by atoms with Crippen molar-refractivity contribution in [2.24, 2.45) is 0 Å². The highest BCUT2D eigenvalue weighted by Gasteiger charge is 2.52. The molecule has 0 amide bonds. The second kappa shape index (κ2) is 13.8. The number of methoxy groups -OCH3 is 1. The normalized spacial score (nSPS) is 22.3. The van der Waals surface area contributed by atoms with Gasteiger partial charge in [-0.25, -0.2) is 4.79 Å². The quantitative estimate of drug-likeness (QED) is 0.214. The molecule has 40 heavy (non-hydrogen) atoms. The summed E-state index contributed by atoms with van der Waals surface area (Å²) in [6.45, 7) is 0.104. The number of nitro benzene ring substituents is 1. The maximum Gasteiger partial charge on any atom is 0.339 e. The Hall–Kier alpha value is -4.16. The maximum atomic E-state index is 13.1. The Morgan fingerprint density at radius 3 is 1.98 bits per heavy atom. The van der Waals surface area contributed by atoms with Crippen molar-refractivity contribution in [3.05, 3.63) is 112 Å². The number of carbonyl (C=O) groups is 2. The van der Waals surface area contributed by atoms with Crippen LogP contribution in [0.2, 0.25) is 0 Å². The van der Waals surface area contributed by atoms with E-state index in [1.54, 1.807) is 6.07 Å². The molecule has 5 atom stereocenters. The predicted molar refractivity (Wildman–Crippen MR) is 140 cm³/mol. The van der Waals surface area contributed by atoms with E-state index in [2.05, 4.69) is 0 Å². The van der Waals surface area contributed by atoms with Crippen LogP contribution < -0.4 is 0 Å². The average molecular weight is 552 g/mol. The molecule has 1 aliphatic heterocycles. The van der Waals surface area contributed by atoms with Crippen LogP contribution in [0.1, 0.15) is 16.7 Å². The molecule has 0 aromatic heterocycles. The largest absolute Gasteiger partial charge is 0.467 e. The highest BCUT2D eigenvalue weighted by Crippen LogP contribution is 2.30. The molecule has 0 saturated carbocycles. The average Bonchev–Trinajstić information content (AvgIpc) is 2.97. The summed E-state index contributed by atoms with van der Waals surface area (Å²) in [5.41, 5.74) is 1.46. The van der Waals surface area contributed by atoms with Gasteiger partial charge in [0.25, 0.3) is 5.69 Å². The fourth-order valence-corrected chi connectivity index (χ4v) is 4.35. The summed E-state index contributed by atoms with van der Waals surface area (Å²) >= 11 is 0. The van der Waals surface area contributed by atoms with Crippen molar-refractivity contribution >= 4 is 17.6 Å². The van der Waals surface area contributed by atoms with Gasteiger partial charge in [0, 0.05) is 11.6 Å². The highest BCUT2D eigenvalue weighted by molar-refractivity contribution is 5.78. The molecule has 3 aromatic carbocycles. The smallest absolute Gasteiger partial charge is 0.339 e. The van der Waals surface area contributed by atoms with E-state index in [9.17, 15) is 24.8 Å². The number of aliphatic hydroxyl groups excluding tert-OH is 1. The predicted octanol–water partition coefficient (Wildman–Crippen LogP) is 3.11. The van der Waals surface area contributed by atoms with Crippen molar-refractivity contribution in [2.75, 3.05) is 7.11 Å². The molecule has 210 valence electrons. The number of nitrogens with zero attached hydrogens (tertiary/aromatic N) is 1. The Kier molecular flexibility index (Phi) is 9.92. The number of aliphatic hydroxyl groups is 1. The zero-order valence-electron chi connectivity index (χ0n) is 21.7. The summed E-state index contributed by atoms with van der Waals surface area (Å²) in [4.78, 5) is 36.6. The third kappa shape index (κ3) is 7.27. The summed E-state index contributed by atoms with van der Waals surface area (Å²) in [7, 11) is 1.13. The van der Waals surface area contributed by atoms with Gasteiger partial charge in [-0.2, -0.15) is 0 Å². The zero-order chi connectivity index (χ0) is 28.5. The molecule has 1 N–H and O–H groups in total. The summed E-state index contributed by atoms with van der Waals surface area (Å²) in [5.74, 6) is -1.78. The summed E-state index contributed by atoms with van der Waals surface area (Å²) < 4.78 is 28.2. The molecule has 0 radical (unpaired) electrons. The fourth-order valence-electron chi connectivity index (χ4n) is 4.35. The van der Waals surface area contributed by atoms with Gasteiger partial charge < -0.3 is 28.8 Å². The van der Waals surface area contributed by atoms with Gasteiger partial charge in [0.15, 0.2) is 18.5 Å². The van der Waals surface area contributed by atoms with Gasteiger partial charge >= 0.3 is 11.9 Å². The van der Waals surface area contributed by atoms with Crippen LogP contribution in [0.5, 0.6) is 0 Å². The van der Waals surface area contributed by atoms with Crippen molar-refractivity contribution in [3.8, 4) is 0 Å². The first-order valence-electron chi connectivity index (χ1n) is 12.5. The Morgan fingerprint density at radius 2 is 1.40 bits per heavy atom. The van der Waals surface area contributed by atoms with E-state index in [4.69, 9.17) is 23.7 Å². The van der Waals surface area contributed by atoms with Crippen molar-refractivity contribution in [1.29, 1.82) is 0 Å². The standard InChI is InChI=1S/C29H29NO10/c1-36-28(32)27-25(39-23(31)16-21-14-8-9-15-22(21)30(34)35)24(37-17-19-10-4-2-5-11-19)26(29(33)40-27)38-18-20-12-6-3-7-13-20/h2-15,24-27,29,33H,16-18H2,1H3/t24-,25-,26+,27-,29-/m0/s1. The molecule has 0 unspecified atom stereocenters. The minimum absolute atomic E-state index is 0.0372. The molecule has 0 spiro atoms. The molecule has 1 aliphatic rings. The molecular weight excluding hydrogens is 522 g/mol. The van der Waals surface area contributed by atoms with E-state index in [1.165, 1.54) is 18.2 Å². The number of carbonyl (C=O) groups excluding carboxylic acids is 2. The van der Waals surface area contributed by atoms with Crippen LogP contribution in [-0.4, -0.2) is 59.8 Å². The van der Waals surface area contributed by atoms with Crippen LogP contribution in [-0.2, 0) is 52.9 Å². The van der Waals surface area contributed by atoms with Gasteiger partial charge in [0.05, 0.1) is 31.7 Å². The number of hydrogen-bond donors (Lipinski definition) is 1. The fraction of sp³-hybridized carbons (Fsp3) is 0.310. The number of benzene rings is 3. The van der Waals surface area contributed by atoms with E-state index in [1.807, 2.05) is 60.7 Å². The van der Waals surface area contributed by atoms with Gasteiger partial charge in [0.1, 0.15) is 12.2 Å². The van der Waals surface area contributed by atoms with E-state index in [0.717, 1.165) is 18.2 Å². The van der Waals surface area contributed by atoms with Gasteiger partial charge in [-0.15, -0.1) is 0 Å². The van der Waals surface area contributed by atoms with Gasteiger partial charge in [-0.1, -0.05) is 78.9 Å². The van der Waals surface area contributed by atoms with Crippen molar-refractivity contribution in [1.82, 2.24) is 0 Å². The summed E-state index contributed by atoms with van der Waals surface area (Å²) in [6, 6.07) is 24.1. The molecule has 1 fully saturated rings.